The van der Waals surface area contributed by atoms with Gasteiger partial charge in [-0.25, -0.2) is 9.78 Å². The van der Waals surface area contributed by atoms with Crippen LogP contribution in [0, 0.1) is 0 Å². The number of nitrogens with zero attached hydrogens (tertiary/aromatic N) is 4. The molecule has 3 heterocycles. The van der Waals surface area contributed by atoms with E-state index < -0.39 is 5.60 Å². The van der Waals surface area contributed by atoms with E-state index in [1.54, 1.807) is 15.9 Å². The van der Waals surface area contributed by atoms with Gasteiger partial charge in [0.1, 0.15) is 11.4 Å². The van der Waals surface area contributed by atoms with E-state index in [-0.39, 0.29) is 17.9 Å². The number of nitrogens with one attached hydrogen (secondary N) is 1. The predicted octanol–water partition coefficient (Wildman–Crippen LogP) is 3.14. The van der Waals surface area contributed by atoms with Crippen LogP contribution in [0.25, 0.3) is 22.4 Å². The fourth-order valence-corrected chi connectivity index (χ4v) is 4.58. The standard InChI is InChI=1S/C26H29N5O4/c1-26(2,3)35-25(34)30-14-12-29(13-15-30)24(33)18-7-4-6-17(16-18)22-28-20-9-5-8-19-21(20)31(22)11-10-27-23(19)32/h4-9,16H,10-15H2,1-3H3,(H,27,32). The highest BCUT2D eigenvalue weighted by molar-refractivity contribution is 6.06. The van der Waals surface area contributed by atoms with Crippen LogP contribution in [0.3, 0.4) is 0 Å². The average Bonchev–Trinajstić information content (AvgIpc) is 3.12. The van der Waals surface area contributed by atoms with Gasteiger partial charge in [0, 0.05) is 50.4 Å². The van der Waals surface area contributed by atoms with Crippen LogP contribution in [0.1, 0.15) is 41.5 Å². The summed E-state index contributed by atoms with van der Waals surface area (Å²) in [5.41, 5.74) is 3.01. The van der Waals surface area contributed by atoms with E-state index >= 15 is 0 Å². The van der Waals surface area contributed by atoms with Crippen LogP contribution in [-0.2, 0) is 11.3 Å². The number of para-hydroxylation sites is 1. The molecule has 182 valence electrons. The van der Waals surface area contributed by atoms with Crippen molar-refractivity contribution in [3.05, 3.63) is 53.6 Å². The number of ether oxygens (including phenoxy) is 1. The fraction of sp³-hybridized carbons (Fsp3) is 0.385. The van der Waals surface area contributed by atoms with E-state index in [0.29, 0.717) is 50.4 Å². The highest BCUT2D eigenvalue weighted by atomic mass is 16.6. The molecule has 0 radical (unpaired) electrons. The average molecular weight is 476 g/mol. The summed E-state index contributed by atoms with van der Waals surface area (Å²) < 4.78 is 7.49. The molecule has 0 saturated carbocycles. The monoisotopic (exact) mass is 475 g/mol. The predicted molar refractivity (Wildman–Crippen MR) is 131 cm³/mol. The lowest BCUT2D eigenvalue weighted by atomic mass is 10.1. The van der Waals surface area contributed by atoms with Gasteiger partial charge >= 0.3 is 6.09 Å². The number of benzene rings is 2. The Kier molecular flexibility index (Phi) is 5.70. The summed E-state index contributed by atoms with van der Waals surface area (Å²) in [4.78, 5) is 46.3. The number of hydrogen-bond donors (Lipinski definition) is 1. The molecule has 1 aromatic heterocycles. The van der Waals surface area contributed by atoms with E-state index in [0.717, 1.165) is 22.4 Å². The van der Waals surface area contributed by atoms with E-state index in [1.165, 1.54) is 0 Å². The molecule has 9 nitrogen and oxygen atoms in total. The van der Waals surface area contributed by atoms with Gasteiger partial charge in [-0.3, -0.25) is 9.59 Å². The van der Waals surface area contributed by atoms with Crippen molar-refractivity contribution in [1.82, 2.24) is 24.7 Å². The normalized spacial score (nSPS) is 16.1. The summed E-state index contributed by atoms with van der Waals surface area (Å²) in [5.74, 6) is 0.545. The number of rotatable bonds is 2. The molecule has 3 amide bonds. The first-order valence-corrected chi connectivity index (χ1v) is 11.9. The third kappa shape index (κ3) is 4.45. The molecule has 0 atom stereocenters. The molecule has 2 aliphatic rings. The van der Waals surface area contributed by atoms with Crippen LogP contribution in [-0.4, -0.2) is 75.6 Å². The highest BCUT2D eigenvalue weighted by Crippen LogP contribution is 2.29. The first kappa shape index (κ1) is 22.9. The van der Waals surface area contributed by atoms with Gasteiger partial charge < -0.3 is 24.4 Å². The number of amides is 3. The SMILES string of the molecule is CC(C)(C)OC(=O)N1CCN(C(=O)c2cccc(-c3nc4cccc5c4n3CCNC5=O)c2)CC1. The third-order valence-electron chi connectivity index (χ3n) is 6.22. The Bertz CT molecular complexity index is 1320. The minimum atomic E-state index is -0.551. The lowest BCUT2D eigenvalue weighted by molar-refractivity contribution is 0.0141. The molecule has 35 heavy (non-hydrogen) atoms. The van der Waals surface area contributed by atoms with Gasteiger partial charge in [-0.2, -0.15) is 0 Å². The van der Waals surface area contributed by atoms with E-state index in [2.05, 4.69) is 5.32 Å². The van der Waals surface area contributed by atoms with E-state index in [1.807, 2.05) is 61.7 Å². The van der Waals surface area contributed by atoms with Crippen LogP contribution in [0.2, 0.25) is 0 Å². The van der Waals surface area contributed by atoms with Crippen molar-refractivity contribution in [2.45, 2.75) is 32.9 Å². The summed E-state index contributed by atoms with van der Waals surface area (Å²) in [6.45, 7) is 8.37. The number of aromatic nitrogens is 2. The number of piperazine rings is 1. The fourth-order valence-electron chi connectivity index (χ4n) is 4.58. The lowest BCUT2D eigenvalue weighted by Crippen LogP contribution is -2.51. The Balaban J connectivity index is 1.37. The van der Waals surface area contributed by atoms with Gasteiger partial charge in [-0.05, 0) is 45.0 Å². The van der Waals surface area contributed by atoms with Crippen molar-refractivity contribution in [2.24, 2.45) is 0 Å². The first-order chi connectivity index (χ1) is 16.7. The zero-order valence-corrected chi connectivity index (χ0v) is 20.2. The molecule has 0 bridgehead atoms. The molecule has 3 aromatic rings. The maximum absolute atomic E-state index is 13.3. The summed E-state index contributed by atoms with van der Waals surface area (Å²) in [6, 6.07) is 13.0. The summed E-state index contributed by atoms with van der Waals surface area (Å²) >= 11 is 0. The zero-order valence-electron chi connectivity index (χ0n) is 20.2. The van der Waals surface area contributed by atoms with Crippen LogP contribution in [0.5, 0.6) is 0 Å². The summed E-state index contributed by atoms with van der Waals surface area (Å²) in [7, 11) is 0. The number of carbonyl (C=O) groups excluding carboxylic acids is 3. The van der Waals surface area contributed by atoms with Gasteiger partial charge in [0.2, 0.25) is 0 Å². The minimum Gasteiger partial charge on any atom is -0.444 e. The van der Waals surface area contributed by atoms with Gasteiger partial charge in [0.15, 0.2) is 0 Å². The van der Waals surface area contributed by atoms with Crippen LogP contribution in [0.15, 0.2) is 42.5 Å². The molecule has 2 aliphatic heterocycles. The second-order valence-corrected chi connectivity index (χ2v) is 9.86. The lowest BCUT2D eigenvalue weighted by Gasteiger charge is -2.35. The minimum absolute atomic E-state index is 0.0831. The van der Waals surface area contributed by atoms with Crippen LogP contribution < -0.4 is 5.32 Å². The molecule has 1 saturated heterocycles. The van der Waals surface area contributed by atoms with Gasteiger partial charge in [-0.1, -0.05) is 18.2 Å². The molecule has 2 aromatic carbocycles. The molecular formula is C26H29N5O4. The topological polar surface area (TPSA) is 96.8 Å². The smallest absolute Gasteiger partial charge is 0.410 e. The maximum atomic E-state index is 13.3. The largest absolute Gasteiger partial charge is 0.444 e. The molecule has 1 N–H and O–H groups in total. The van der Waals surface area contributed by atoms with E-state index in [4.69, 9.17) is 9.72 Å². The van der Waals surface area contributed by atoms with Crippen molar-refractivity contribution in [3.63, 3.8) is 0 Å². The molecule has 0 aliphatic carbocycles. The molecule has 1 fully saturated rings. The van der Waals surface area contributed by atoms with Gasteiger partial charge in [0.05, 0.1) is 16.6 Å². The van der Waals surface area contributed by atoms with Gasteiger partial charge in [-0.15, -0.1) is 0 Å². The zero-order chi connectivity index (χ0) is 24.7. The molecule has 0 unspecified atom stereocenters. The Labute approximate surface area is 203 Å². The molecular weight excluding hydrogens is 446 g/mol. The van der Waals surface area contributed by atoms with Crippen molar-refractivity contribution in [3.8, 4) is 11.4 Å². The second-order valence-electron chi connectivity index (χ2n) is 9.86. The highest BCUT2D eigenvalue weighted by Gasteiger charge is 2.28. The Morgan fingerprint density at radius 1 is 0.971 bits per heavy atom. The molecule has 5 rings (SSSR count). The van der Waals surface area contributed by atoms with Gasteiger partial charge in [0.25, 0.3) is 11.8 Å². The Morgan fingerprint density at radius 3 is 2.43 bits per heavy atom. The van der Waals surface area contributed by atoms with Crippen LogP contribution in [0.4, 0.5) is 4.79 Å². The van der Waals surface area contributed by atoms with Crippen molar-refractivity contribution < 1.29 is 19.1 Å². The Morgan fingerprint density at radius 2 is 1.69 bits per heavy atom. The van der Waals surface area contributed by atoms with Crippen molar-refractivity contribution >= 4 is 28.9 Å². The summed E-state index contributed by atoms with van der Waals surface area (Å²) in [5, 5.41) is 2.93. The maximum Gasteiger partial charge on any atom is 0.410 e. The van der Waals surface area contributed by atoms with Crippen LogP contribution >= 0.6 is 0 Å². The number of imidazole rings is 1. The Hall–Kier alpha value is -3.88. The molecule has 0 spiro atoms. The third-order valence-corrected chi connectivity index (χ3v) is 6.22. The summed E-state index contributed by atoms with van der Waals surface area (Å²) in [6.07, 6.45) is -0.352. The second kappa shape index (κ2) is 8.72. The van der Waals surface area contributed by atoms with Crippen molar-refractivity contribution in [1.29, 1.82) is 0 Å². The van der Waals surface area contributed by atoms with E-state index in [9.17, 15) is 14.4 Å². The quantitative estimate of drug-likeness (QED) is 0.614. The first-order valence-electron chi connectivity index (χ1n) is 11.9. The number of hydrogen-bond acceptors (Lipinski definition) is 5. The molecule has 9 heteroatoms. The van der Waals surface area contributed by atoms with Crippen molar-refractivity contribution in [2.75, 3.05) is 32.7 Å². The number of carbonyl (C=O) groups is 3.